The van der Waals surface area contributed by atoms with Crippen LogP contribution in [0.2, 0.25) is 0 Å². The Morgan fingerprint density at radius 2 is 2.29 bits per heavy atom. The maximum absolute atomic E-state index is 11.3. The lowest BCUT2D eigenvalue weighted by Crippen LogP contribution is -2.14. The summed E-state index contributed by atoms with van der Waals surface area (Å²) in [5.41, 5.74) is 5.97. The van der Waals surface area contributed by atoms with E-state index in [1.165, 1.54) is 12.3 Å². The topological polar surface area (TPSA) is 80.9 Å². The molecule has 0 fully saturated rings. The number of hydrogen-bond donors (Lipinski definition) is 2. The second-order valence-corrected chi connectivity index (χ2v) is 3.06. The number of primary amides is 1. The second kappa shape index (κ2) is 2.73. The average Bonchev–Trinajstić information content (AvgIpc) is 2.46. The van der Waals surface area contributed by atoms with Crippen molar-refractivity contribution in [1.29, 1.82) is 0 Å². The van der Waals surface area contributed by atoms with Gasteiger partial charge in [0.2, 0.25) is 0 Å². The number of nitrogens with one attached hydrogen (secondary N) is 1. The van der Waals surface area contributed by atoms with Crippen molar-refractivity contribution in [3.63, 3.8) is 0 Å². The number of hydrogen-bond acceptors (Lipinski definition) is 2. The quantitative estimate of drug-likeness (QED) is 0.663. The lowest BCUT2D eigenvalue weighted by molar-refractivity contribution is 0.0993. The molecule has 3 N–H and O–H groups in total. The van der Waals surface area contributed by atoms with Crippen LogP contribution in [0.4, 0.5) is 0 Å². The van der Waals surface area contributed by atoms with Gasteiger partial charge in [0.15, 0.2) is 0 Å². The minimum absolute atomic E-state index is 0.217. The molecule has 0 unspecified atom stereocenters. The summed E-state index contributed by atoms with van der Waals surface area (Å²) in [7, 11) is 1.70. The van der Waals surface area contributed by atoms with E-state index in [2.05, 4.69) is 4.98 Å². The predicted molar refractivity (Wildman–Crippen MR) is 52.1 cm³/mol. The van der Waals surface area contributed by atoms with Crippen LogP contribution < -0.4 is 11.3 Å². The highest BCUT2D eigenvalue weighted by molar-refractivity contribution is 5.97. The molecule has 0 saturated heterocycles. The van der Waals surface area contributed by atoms with Crippen LogP contribution in [0, 0.1) is 0 Å². The Hall–Kier alpha value is -2.04. The fraction of sp³-hybridized carbons (Fsp3) is 0.111. The van der Waals surface area contributed by atoms with E-state index in [1.54, 1.807) is 17.7 Å². The third-order valence-electron chi connectivity index (χ3n) is 2.23. The molecule has 5 nitrogen and oxygen atoms in total. The van der Waals surface area contributed by atoms with E-state index in [9.17, 15) is 9.59 Å². The highest BCUT2D eigenvalue weighted by Crippen LogP contribution is 2.13. The summed E-state index contributed by atoms with van der Waals surface area (Å²) in [6.07, 6.45) is 1.54. The Bertz CT molecular complexity index is 565. The number of aromatic nitrogens is 2. The van der Waals surface area contributed by atoms with Gasteiger partial charge in [-0.1, -0.05) is 0 Å². The van der Waals surface area contributed by atoms with Gasteiger partial charge in [-0.05, 0) is 12.1 Å². The number of aryl methyl sites for hydroxylation is 1. The summed E-state index contributed by atoms with van der Waals surface area (Å²) in [5.74, 6) is -0.539. The summed E-state index contributed by atoms with van der Waals surface area (Å²) in [6.45, 7) is 0. The maximum Gasteiger partial charge on any atom is 0.265 e. The standard InChI is InChI=1S/C9H9N3O2/c1-12-6-2-3-11-9(14)5(6)4-7(12)8(10)13/h2-4H,1H3,(H2,10,13)(H,11,14). The molecule has 0 spiro atoms. The number of carbonyl (C=O) groups is 1. The zero-order valence-electron chi connectivity index (χ0n) is 7.57. The molecule has 0 bridgehead atoms. The molecule has 2 rings (SSSR count). The molecule has 0 aromatic carbocycles. The molecular formula is C9H9N3O2. The molecule has 0 saturated carbocycles. The number of aromatic amines is 1. The van der Waals surface area contributed by atoms with Crippen LogP contribution in [0.3, 0.4) is 0 Å². The normalized spacial score (nSPS) is 10.6. The van der Waals surface area contributed by atoms with Gasteiger partial charge < -0.3 is 15.3 Å². The van der Waals surface area contributed by atoms with Gasteiger partial charge in [0, 0.05) is 13.2 Å². The lowest BCUT2D eigenvalue weighted by Gasteiger charge is -1.98. The zero-order chi connectivity index (χ0) is 10.3. The molecule has 1 amide bonds. The highest BCUT2D eigenvalue weighted by atomic mass is 16.1. The molecule has 2 aromatic heterocycles. The molecule has 2 heterocycles. The van der Waals surface area contributed by atoms with Crippen LogP contribution in [-0.4, -0.2) is 15.5 Å². The fourth-order valence-electron chi connectivity index (χ4n) is 1.51. The summed E-state index contributed by atoms with van der Waals surface area (Å²) in [4.78, 5) is 24.9. The molecule has 0 aliphatic rings. The van der Waals surface area contributed by atoms with Crippen LogP contribution >= 0.6 is 0 Å². The summed E-state index contributed by atoms with van der Waals surface area (Å²) in [5, 5.41) is 0.476. The van der Waals surface area contributed by atoms with E-state index in [0.717, 1.165) is 0 Å². The smallest absolute Gasteiger partial charge is 0.265 e. The largest absolute Gasteiger partial charge is 0.364 e. The van der Waals surface area contributed by atoms with Crippen molar-refractivity contribution >= 4 is 16.8 Å². The second-order valence-electron chi connectivity index (χ2n) is 3.06. The first-order valence-electron chi connectivity index (χ1n) is 4.08. The average molecular weight is 191 g/mol. The first kappa shape index (κ1) is 8.55. The molecule has 14 heavy (non-hydrogen) atoms. The van der Waals surface area contributed by atoms with Crippen molar-refractivity contribution in [2.24, 2.45) is 12.8 Å². The van der Waals surface area contributed by atoms with Gasteiger partial charge in [-0.3, -0.25) is 9.59 Å². The van der Waals surface area contributed by atoms with Crippen LogP contribution in [-0.2, 0) is 7.05 Å². The number of rotatable bonds is 1. The van der Waals surface area contributed by atoms with Crippen molar-refractivity contribution in [3.05, 3.63) is 34.4 Å². The highest BCUT2D eigenvalue weighted by Gasteiger charge is 2.11. The van der Waals surface area contributed by atoms with E-state index in [-0.39, 0.29) is 5.56 Å². The van der Waals surface area contributed by atoms with Crippen LogP contribution in [0.25, 0.3) is 10.9 Å². The van der Waals surface area contributed by atoms with Gasteiger partial charge in [0.25, 0.3) is 11.5 Å². The van der Waals surface area contributed by atoms with Gasteiger partial charge in [0.05, 0.1) is 10.9 Å². The molecule has 0 atom stereocenters. The predicted octanol–water partition coefficient (Wildman–Crippen LogP) is -0.0345. The summed E-state index contributed by atoms with van der Waals surface area (Å²) < 4.78 is 1.60. The van der Waals surface area contributed by atoms with E-state index in [4.69, 9.17) is 5.73 Å². The van der Waals surface area contributed by atoms with Crippen molar-refractivity contribution < 1.29 is 4.79 Å². The lowest BCUT2D eigenvalue weighted by atomic mass is 10.3. The fourth-order valence-corrected chi connectivity index (χ4v) is 1.51. The molecular weight excluding hydrogens is 182 g/mol. The summed E-state index contributed by atoms with van der Waals surface area (Å²) >= 11 is 0. The molecule has 2 aromatic rings. The van der Waals surface area contributed by atoms with Crippen LogP contribution in [0.15, 0.2) is 23.1 Å². The van der Waals surface area contributed by atoms with Crippen molar-refractivity contribution in [1.82, 2.24) is 9.55 Å². The number of carbonyl (C=O) groups excluding carboxylic acids is 1. The number of amides is 1. The number of H-pyrrole nitrogens is 1. The Morgan fingerprint density at radius 3 is 2.86 bits per heavy atom. The third kappa shape index (κ3) is 1.02. The number of fused-ring (bicyclic) bond motifs is 1. The molecule has 0 radical (unpaired) electrons. The Balaban J connectivity index is 2.93. The number of nitrogens with two attached hydrogens (primary N) is 1. The van der Waals surface area contributed by atoms with Crippen molar-refractivity contribution in [2.45, 2.75) is 0 Å². The molecule has 0 aliphatic heterocycles. The van der Waals surface area contributed by atoms with Crippen molar-refractivity contribution in [3.8, 4) is 0 Å². The number of pyridine rings is 1. The van der Waals surface area contributed by atoms with Crippen molar-refractivity contribution in [2.75, 3.05) is 0 Å². The Kier molecular flexibility index (Phi) is 1.67. The van der Waals surface area contributed by atoms with Gasteiger partial charge in [-0.25, -0.2) is 0 Å². The summed E-state index contributed by atoms with van der Waals surface area (Å²) in [6, 6.07) is 3.22. The molecule has 72 valence electrons. The monoisotopic (exact) mass is 191 g/mol. The van der Waals surface area contributed by atoms with E-state index in [0.29, 0.717) is 16.6 Å². The zero-order valence-corrected chi connectivity index (χ0v) is 7.57. The molecule has 5 heteroatoms. The van der Waals surface area contributed by atoms with Gasteiger partial charge in [-0.15, -0.1) is 0 Å². The first-order chi connectivity index (χ1) is 6.61. The maximum atomic E-state index is 11.3. The molecule has 0 aliphatic carbocycles. The van der Waals surface area contributed by atoms with Gasteiger partial charge >= 0.3 is 0 Å². The Morgan fingerprint density at radius 1 is 1.57 bits per heavy atom. The van der Waals surface area contributed by atoms with Gasteiger partial charge in [-0.2, -0.15) is 0 Å². The van der Waals surface area contributed by atoms with Gasteiger partial charge in [0.1, 0.15) is 5.69 Å². The third-order valence-corrected chi connectivity index (χ3v) is 2.23. The first-order valence-corrected chi connectivity index (χ1v) is 4.08. The Labute approximate surface area is 79.1 Å². The van der Waals surface area contributed by atoms with Crippen LogP contribution in [0.5, 0.6) is 0 Å². The minimum atomic E-state index is -0.539. The van der Waals surface area contributed by atoms with E-state index >= 15 is 0 Å². The number of nitrogens with zero attached hydrogens (tertiary/aromatic N) is 1. The van der Waals surface area contributed by atoms with E-state index in [1.807, 2.05) is 0 Å². The van der Waals surface area contributed by atoms with E-state index < -0.39 is 5.91 Å². The van der Waals surface area contributed by atoms with Crippen LogP contribution in [0.1, 0.15) is 10.5 Å². The minimum Gasteiger partial charge on any atom is -0.364 e. The SMILES string of the molecule is Cn1c(C(N)=O)cc2c(=O)[nH]ccc21.